The van der Waals surface area contributed by atoms with E-state index in [1.54, 1.807) is 12.1 Å². The molecule has 0 amide bonds. The van der Waals surface area contributed by atoms with Gasteiger partial charge in [0.25, 0.3) is 5.69 Å². The number of fused-ring (bicyclic) bond motifs is 1. The van der Waals surface area contributed by atoms with Crippen LogP contribution >= 0.6 is 0 Å². The van der Waals surface area contributed by atoms with Crippen LogP contribution in [-0.4, -0.2) is 24.7 Å². The summed E-state index contributed by atoms with van der Waals surface area (Å²) in [5.74, 6) is 1.45. The molecule has 2 aromatic carbocycles. The first-order valence-corrected chi connectivity index (χ1v) is 8.52. The molecule has 0 N–H and O–H groups in total. The number of anilines is 1. The molecule has 2 aliphatic heterocycles. The summed E-state index contributed by atoms with van der Waals surface area (Å²) in [6, 6.07) is 12.5. The molecular formula is C19H17N3O4. The van der Waals surface area contributed by atoms with Crippen LogP contribution in [0, 0.1) is 21.4 Å². The number of hydrogen-bond donors (Lipinski definition) is 0. The van der Waals surface area contributed by atoms with Gasteiger partial charge >= 0.3 is 0 Å². The van der Waals surface area contributed by atoms with Crippen molar-refractivity contribution in [3.05, 3.63) is 57.6 Å². The fourth-order valence-corrected chi connectivity index (χ4v) is 3.65. The molecule has 132 valence electrons. The fraction of sp³-hybridized carbons (Fsp3) is 0.316. The van der Waals surface area contributed by atoms with Crippen molar-refractivity contribution in [2.24, 2.45) is 0 Å². The minimum absolute atomic E-state index is 0.0254. The summed E-state index contributed by atoms with van der Waals surface area (Å²) in [7, 11) is 0. The van der Waals surface area contributed by atoms with E-state index < -0.39 is 4.92 Å². The zero-order chi connectivity index (χ0) is 18.1. The van der Waals surface area contributed by atoms with Gasteiger partial charge in [-0.2, -0.15) is 5.26 Å². The van der Waals surface area contributed by atoms with E-state index >= 15 is 0 Å². The molecule has 1 saturated heterocycles. The van der Waals surface area contributed by atoms with Gasteiger partial charge in [0.2, 0.25) is 0 Å². The van der Waals surface area contributed by atoms with Gasteiger partial charge in [-0.15, -0.1) is 0 Å². The first-order chi connectivity index (χ1) is 12.7. The lowest BCUT2D eigenvalue weighted by Gasteiger charge is -2.28. The molecular weight excluding hydrogens is 334 g/mol. The SMILES string of the molecule is N#Cc1ccc(N2CCCC2c2ccc3c(c2)OCCO3)c([N+](=O)[O-])c1. The molecule has 0 aliphatic carbocycles. The largest absolute Gasteiger partial charge is 0.486 e. The van der Waals surface area contributed by atoms with Crippen molar-refractivity contribution in [2.45, 2.75) is 18.9 Å². The average Bonchev–Trinajstić information content (AvgIpc) is 3.16. The van der Waals surface area contributed by atoms with E-state index in [1.807, 2.05) is 29.2 Å². The van der Waals surface area contributed by atoms with Gasteiger partial charge in [-0.05, 0) is 42.7 Å². The predicted molar refractivity (Wildman–Crippen MR) is 94.6 cm³/mol. The van der Waals surface area contributed by atoms with Gasteiger partial charge in [0.15, 0.2) is 11.5 Å². The number of nitro groups is 1. The van der Waals surface area contributed by atoms with Gasteiger partial charge in [0, 0.05) is 12.6 Å². The topological polar surface area (TPSA) is 88.6 Å². The second-order valence-corrected chi connectivity index (χ2v) is 6.33. The Labute approximate surface area is 150 Å². The summed E-state index contributed by atoms with van der Waals surface area (Å²) < 4.78 is 11.2. The Bertz CT molecular complexity index is 906. The van der Waals surface area contributed by atoms with E-state index in [1.165, 1.54) is 6.07 Å². The number of hydrogen-bond acceptors (Lipinski definition) is 6. The van der Waals surface area contributed by atoms with E-state index in [0.29, 0.717) is 18.9 Å². The summed E-state index contributed by atoms with van der Waals surface area (Å²) >= 11 is 0. The highest BCUT2D eigenvalue weighted by molar-refractivity contribution is 5.67. The van der Waals surface area contributed by atoms with E-state index in [9.17, 15) is 10.1 Å². The van der Waals surface area contributed by atoms with E-state index in [-0.39, 0.29) is 17.3 Å². The second kappa shape index (κ2) is 6.56. The number of nitrogens with zero attached hydrogens (tertiary/aromatic N) is 3. The minimum Gasteiger partial charge on any atom is -0.486 e. The summed E-state index contributed by atoms with van der Waals surface area (Å²) in [5, 5.41) is 20.5. The standard InChI is InChI=1S/C19H17N3O4/c20-12-13-3-5-16(17(10-13)22(23)24)21-7-1-2-15(21)14-4-6-18-19(11-14)26-9-8-25-18/h3-6,10-11,15H,1-2,7-9H2. The highest BCUT2D eigenvalue weighted by atomic mass is 16.6. The van der Waals surface area contributed by atoms with Crippen LogP contribution in [0.3, 0.4) is 0 Å². The minimum atomic E-state index is -0.421. The smallest absolute Gasteiger partial charge is 0.293 e. The number of nitro benzene ring substituents is 1. The first kappa shape index (κ1) is 16.2. The molecule has 2 heterocycles. The van der Waals surface area contributed by atoms with Crippen molar-refractivity contribution in [1.82, 2.24) is 0 Å². The van der Waals surface area contributed by atoms with Crippen molar-refractivity contribution < 1.29 is 14.4 Å². The normalized spacial score (nSPS) is 18.4. The maximum atomic E-state index is 11.5. The van der Waals surface area contributed by atoms with Gasteiger partial charge in [-0.3, -0.25) is 10.1 Å². The summed E-state index contributed by atoms with van der Waals surface area (Å²) in [4.78, 5) is 13.1. The summed E-state index contributed by atoms with van der Waals surface area (Å²) in [5.41, 5.74) is 1.85. The van der Waals surface area contributed by atoms with Crippen LogP contribution in [0.4, 0.5) is 11.4 Å². The zero-order valence-corrected chi connectivity index (χ0v) is 14.1. The quantitative estimate of drug-likeness (QED) is 0.620. The number of nitriles is 1. The van der Waals surface area contributed by atoms with Gasteiger partial charge in [-0.1, -0.05) is 6.07 Å². The Hall–Kier alpha value is -3.27. The van der Waals surface area contributed by atoms with Crippen LogP contribution < -0.4 is 14.4 Å². The molecule has 0 aromatic heterocycles. The highest BCUT2D eigenvalue weighted by Gasteiger charge is 2.31. The third kappa shape index (κ3) is 2.80. The summed E-state index contributed by atoms with van der Waals surface area (Å²) in [6.07, 6.45) is 1.84. The van der Waals surface area contributed by atoms with Crippen LogP contribution in [0.5, 0.6) is 11.5 Å². The van der Waals surface area contributed by atoms with Gasteiger partial charge < -0.3 is 14.4 Å². The maximum Gasteiger partial charge on any atom is 0.293 e. The molecule has 0 bridgehead atoms. The average molecular weight is 351 g/mol. The lowest BCUT2D eigenvalue weighted by molar-refractivity contribution is -0.384. The van der Waals surface area contributed by atoms with Crippen molar-refractivity contribution in [2.75, 3.05) is 24.7 Å². The molecule has 1 atom stereocenters. The number of rotatable bonds is 3. The fourth-order valence-electron chi connectivity index (χ4n) is 3.65. The van der Waals surface area contributed by atoms with Crippen LogP contribution in [-0.2, 0) is 0 Å². The Kier molecular flexibility index (Phi) is 4.09. The Morgan fingerprint density at radius 1 is 1.15 bits per heavy atom. The molecule has 7 nitrogen and oxygen atoms in total. The highest BCUT2D eigenvalue weighted by Crippen LogP contribution is 2.42. The first-order valence-electron chi connectivity index (χ1n) is 8.52. The molecule has 0 saturated carbocycles. The molecule has 7 heteroatoms. The Balaban J connectivity index is 1.72. The maximum absolute atomic E-state index is 11.5. The van der Waals surface area contributed by atoms with Crippen molar-refractivity contribution in [3.8, 4) is 17.6 Å². The van der Waals surface area contributed by atoms with E-state index in [4.69, 9.17) is 14.7 Å². The molecule has 1 fully saturated rings. The van der Waals surface area contributed by atoms with Crippen LogP contribution in [0.15, 0.2) is 36.4 Å². The third-order valence-corrected chi connectivity index (χ3v) is 4.81. The van der Waals surface area contributed by atoms with Crippen molar-refractivity contribution >= 4 is 11.4 Å². The lowest BCUT2D eigenvalue weighted by atomic mass is 10.0. The molecule has 0 spiro atoms. The third-order valence-electron chi connectivity index (χ3n) is 4.81. The van der Waals surface area contributed by atoms with Crippen molar-refractivity contribution in [3.63, 3.8) is 0 Å². The second-order valence-electron chi connectivity index (χ2n) is 6.33. The molecule has 4 rings (SSSR count). The molecule has 2 aromatic rings. The molecule has 0 radical (unpaired) electrons. The molecule has 2 aliphatic rings. The van der Waals surface area contributed by atoms with Gasteiger partial charge in [0.1, 0.15) is 18.9 Å². The van der Waals surface area contributed by atoms with E-state index in [0.717, 1.165) is 36.4 Å². The van der Waals surface area contributed by atoms with Crippen LogP contribution in [0.25, 0.3) is 0 Å². The van der Waals surface area contributed by atoms with Gasteiger partial charge in [-0.25, -0.2) is 0 Å². The summed E-state index contributed by atoms with van der Waals surface area (Å²) in [6.45, 7) is 1.79. The lowest BCUT2D eigenvalue weighted by Crippen LogP contribution is -2.24. The molecule has 26 heavy (non-hydrogen) atoms. The predicted octanol–water partition coefficient (Wildman–Crippen LogP) is 3.58. The van der Waals surface area contributed by atoms with Crippen LogP contribution in [0.2, 0.25) is 0 Å². The van der Waals surface area contributed by atoms with Crippen molar-refractivity contribution in [1.29, 1.82) is 5.26 Å². The van der Waals surface area contributed by atoms with Gasteiger partial charge in [0.05, 0.1) is 22.6 Å². The zero-order valence-electron chi connectivity index (χ0n) is 14.1. The monoisotopic (exact) mass is 351 g/mol. The molecule has 1 unspecified atom stereocenters. The van der Waals surface area contributed by atoms with E-state index in [2.05, 4.69) is 0 Å². The van der Waals surface area contributed by atoms with Crippen LogP contribution in [0.1, 0.15) is 30.0 Å². The Morgan fingerprint density at radius 2 is 1.96 bits per heavy atom. The number of ether oxygens (including phenoxy) is 2. The Morgan fingerprint density at radius 3 is 2.73 bits per heavy atom. The number of benzene rings is 2.